The van der Waals surface area contributed by atoms with Crippen molar-refractivity contribution in [1.29, 1.82) is 0 Å². The van der Waals surface area contributed by atoms with E-state index < -0.39 is 0 Å². The van der Waals surface area contributed by atoms with Crippen molar-refractivity contribution in [2.75, 3.05) is 39.8 Å². The van der Waals surface area contributed by atoms with E-state index in [0.717, 1.165) is 24.5 Å². The second-order valence-corrected chi connectivity index (χ2v) is 6.51. The van der Waals surface area contributed by atoms with E-state index in [9.17, 15) is 0 Å². The van der Waals surface area contributed by atoms with Crippen molar-refractivity contribution in [3.05, 3.63) is 0 Å². The van der Waals surface area contributed by atoms with Gasteiger partial charge in [-0.3, -0.25) is 4.90 Å². The fraction of sp³-hybridized carbons (Fsp3) is 1.00. The Balaban J connectivity index is 1.85. The number of likely N-dealkylation sites (N-methyl/N-ethyl adjacent to an activating group) is 2. The first-order valence-electron chi connectivity index (χ1n) is 8.40. The van der Waals surface area contributed by atoms with Crippen LogP contribution in [0.25, 0.3) is 0 Å². The van der Waals surface area contributed by atoms with E-state index in [1.54, 1.807) is 0 Å². The lowest BCUT2D eigenvalue weighted by Gasteiger charge is -2.41. The van der Waals surface area contributed by atoms with Gasteiger partial charge in [0.1, 0.15) is 0 Å². The predicted octanol–water partition coefficient (Wildman–Crippen LogP) is 2.18. The summed E-state index contributed by atoms with van der Waals surface area (Å²) in [4.78, 5) is 5.24. The molecule has 0 aromatic carbocycles. The molecule has 112 valence electrons. The summed E-state index contributed by atoms with van der Waals surface area (Å²) in [7, 11) is 2.28. The summed E-state index contributed by atoms with van der Waals surface area (Å²) in [5.74, 6) is 0.930. The van der Waals surface area contributed by atoms with E-state index >= 15 is 0 Å². The molecule has 1 heterocycles. The van der Waals surface area contributed by atoms with Crippen LogP contribution in [0.2, 0.25) is 0 Å². The molecule has 1 saturated carbocycles. The van der Waals surface area contributed by atoms with Crippen LogP contribution in [0.4, 0.5) is 0 Å². The Labute approximate surface area is 119 Å². The Morgan fingerprint density at radius 1 is 1.16 bits per heavy atom. The number of hydrogen-bond donors (Lipinski definition) is 1. The van der Waals surface area contributed by atoms with Crippen LogP contribution in [0, 0.1) is 5.92 Å². The topological polar surface area (TPSA) is 18.5 Å². The molecular weight excluding hydrogens is 234 g/mol. The number of nitrogens with one attached hydrogen (secondary N) is 1. The van der Waals surface area contributed by atoms with Crippen molar-refractivity contribution in [1.82, 2.24) is 15.1 Å². The van der Waals surface area contributed by atoms with Gasteiger partial charge in [-0.05, 0) is 38.8 Å². The van der Waals surface area contributed by atoms with Crippen LogP contribution in [-0.2, 0) is 0 Å². The van der Waals surface area contributed by atoms with Crippen molar-refractivity contribution in [3.8, 4) is 0 Å². The van der Waals surface area contributed by atoms with E-state index in [2.05, 4.69) is 36.0 Å². The number of piperazine rings is 1. The maximum absolute atomic E-state index is 3.76. The highest BCUT2D eigenvalue weighted by atomic mass is 15.3. The van der Waals surface area contributed by atoms with Gasteiger partial charge in [-0.15, -0.1) is 0 Å². The Kier molecular flexibility index (Phi) is 6.11. The molecule has 1 aliphatic carbocycles. The molecule has 1 saturated heterocycles. The standard InChI is InChI=1S/C16H33N3/c1-4-15-12-19(11-10-18(15)3)13-16(17-5-2)14-8-6-7-9-14/h14-17H,4-13H2,1-3H3. The van der Waals surface area contributed by atoms with Crippen molar-refractivity contribution in [2.45, 2.75) is 58.0 Å². The van der Waals surface area contributed by atoms with Crippen molar-refractivity contribution in [2.24, 2.45) is 5.92 Å². The monoisotopic (exact) mass is 267 g/mol. The van der Waals surface area contributed by atoms with Gasteiger partial charge < -0.3 is 10.2 Å². The highest BCUT2D eigenvalue weighted by Crippen LogP contribution is 2.28. The van der Waals surface area contributed by atoms with Gasteiger partial charge in [-0.2, -0.15) is 0 Å². The van der Waals surface area contributed by atoms with Crippen molar-refractivity contribution in [3.63, 3.8) is 0 Å². The van der Waals surface area contributed by atoms with Gasteiger partial charge in [-0.25, -0.2) is 0 Å². The van der Waals surface area contributed by atoms with Gasteiger partial charge in [0, 0.05) is 38.3 Å². The molecule has 3 nitrogen and oxygen atoms in total. The molecule has 0 aromatic rings. The van der Waals surface area contributed by atoms with Crippen LogP contribution in [0.1, 0.15) is 46.0 Å². The lowest BCUT2D eigenvalue weighted by atomic mass is 9.96. The third kappa shape index (κ3) is 4.17. The van der Waals surface area contributed by atoms with E-state index in [0.29, 0.717) is 0 Å². The molecule has 2 unspecified atom stereocenters. The lowest BCUT2D eigenvalue weighted by molar-refractivity contribution is 0.0798. The molecule has 1 aliphatic heterocycles. The summed E-state index contributed by atoms with van der Waals surface area (Å²) < 4.78 is 0. The summed E-state index contributed by atoms with van der Waals surface area (Å²) in [6.45, 7) is 10.7. The SMILES string of the molecule is CCNC(CN1CCN(C)C(CC)C1)C1CCCC1. The molecule has 2 atom stereocenters. The Morgan fingerprint density at radius 3 is 2.53 bits per heavy atom. The molecule has 2 fully saturated rings. The van der Waals surface area contributed by atoms with Crippen molar-refractivity contribution < 1.29 is 0 Å². The maximum atomic E-state index is 3.76. The first kappa shape index (κ1) is 15.3. The molecule has 0 aromatic heterocycles. The summed E-state index contributed by atoms with van der Waals surface area (Å²) in [6.07, 6.45) is 7.08. The fourth-order valence-electron chi connectivity index (χ4n) is 3.90. The fourth-order valence-corrected chi connectivity index (χ4v) is 3.90. The van der Waals surface area contributed by atoms with Crippen LogP contribution >= 0.6 is 0 Å². The average molecular weight is 267 g/mol. The minimum atomic E-state index is 0.730. The second-order valence-electron chi connectivity index (χ2n) is 6.51. The first-order chi connectivity index (χ1) is 9.24. The Bertz CT molecular complexity index is 250. The molecule has 0 radical (unpaired) electrons. The minimum absolute atomic E-state index is 0.730. The second kappa shape index (κ2) is 7.61. The van der Waals surface area contributed by atoms with Gasteiger partial charge in [0.25, 0.3) is 0 Å². The summed E-state index contributed by atoms with van der Waals surface area (Å²) in [6, 6.07) is 1.49. The normalized spacial score (nSPS) is 28.9. The van der Waals surface area contributed by atoms with Crippen LogP contribution in [-0.4, -0.2) is 61.7 Å². The lowest BCUT2D eigenvalue weighted by Crippen LogP contribution is -2.55. The van der Waals surface area contributed by atoms with E-state index in [1.165, 1.54) is 58.3 Å². The summed E-state index contributed by atoms with van der Waals surface area (Å²) in [5, 5.41) is 3.76. The number of rotatable bonds is 6. The molecular formula is C16H33N3. The average Bonchev–Trinajstić information content (AvgIpc) is 2.94. The molecule has 0 bridgehead atoms. The molecule has 3 heteroatoms. The zero-order valence-electron chi connectivity index (χ0n) is 13.2. The summed E-state index contributed by atoms with van der Waals surface area (Å²) in [5.41, 5.74) is 0. The van der Waals surface area contributed by atoms with Gasteiger partial charge >= 0.3 is 0 Å². The van der Waals surface area contributed by atoms with Gasteiger partial charge in [0.15, 0.2) is 0 Å². The largest absolute Gasteiger partial charge is 0.313 e. The predicted molar refractivity (Wildman–Crippen MR) is 82.6 cm³/mol. The molecule has 2 aliphatic rings. The van der Waals surface area contributed by atoms with Crippen LogP contribution < -0.4 is 5.32 Å². The number of nitrogens with zero attached hydrogens (tertiary/aromatic N) is 2. The van der Waals surface area contributed by atoms with Crippen molar-refractivity contribution >= 4 is 0 Å². The van der Waals surface area contributed by atoms with Crippen LogP contribution in [0.3, 0.4) is 0 Å². The third-order valence-corrected chi connectivity index (χ3v) is 5.22. The smallest absolute Gasteiger partial charge is 0.0223 e. The molecule has 2 rings (SSSR count). The quantitative estimate of drug-likeness (QED) is 0.796. The molecule has 1 N–H and O–H groups in total. The van der Waals surface area contributed by atoms with E-state index in [-0.39, 0.29) is 0 Å². The molecule has 19 heavy (non-hydrogen) atoms. The Morgan fingerprint density at radius 2 is 1.89 bits per heavy atom. The zero-order valence-corrected chi connectivity index (χ0v) is 13.2. The zero-order chi connectivity index (χ0) is 13.7. The van der Waals surface area contributed by atoms with Crippen LogP contribution in [0.15, 0.2) is 0 Å². The maximum Gasteiger partial charge on any atom is 0.0223 e. The minimum Gasteiger partial charge on any atom is -0.313 e. The van der Waals surface area contributed by atoms with Gasteiger partial charge in [-0.1, -0.05) is 26.7 Å². The van der Waals surface area contributed by atoms with Gasteiger partial charge in [0.2, 0.25) is 0 Å². The Hall–Kier alpha value is -0.120. The highest BCUT2D eigenvalue weighted by molar-refractivity contribution is 4.86. The first-order valence-corrected chi connectivity index (χ1v) is 8.40. The number of hydrogen-bond acceptors (Lipinski definition) is 3. The molecule has 0 spiro atoms. The molecule has 0 amide bonds. The van der Waals surface area contributed by atoms with Crippen LogP contribution in [0.5, 0.6) is 0 Å². The third-order valence-electron chi connectivity index (χ3n) is 5.22. The summed E-state index contributed by atoms with van der Waals surface area (Å²) >= 11 is 0. The van der Waals surface area contributed by atoms with E-state index in [1.807, 2.05) is 0 Å². The van der Waals surface area contributed by atoms with E-state index in [4.69, 9.17) is 0 Å². The highest BCUT2D eigenvalue weighted by Gasteiger charge is 2.29. The van der Waals surface area contributed by atoms with Gasteiger partial charge in [0.05, 0.1) is 0 Å².